The predicted molar refractivity (Wildman–Crippen MR) is 103 cm³/mol. The average Bonchev–Trinajstić information content (AvgIpc) is 3.48. The first kappa shape index (κ1) is 17.0. The Morgan fingerprint density at radius 3 is 2.46 bits per heavy atom. The molecule has 1 saturated carbocycles. The van der Waals surface area contributed by atoms with Gasteiger partial charge in [0.15, 0.2) is 5.82 Å². The molecule has 1 aliphatic carbocycles. The lowest BCUT2D eigenvalue weighted by Gasteiger charge is -2.22. The Morgan fingerprint density at radius 2 is 1.81 bits per heavy atom. The second kappa shape index (κ2) is 7.41. The van der Waals surface area contributed by atoms with Gasteiger partial charge in [-0.1, -0.05) is 12.1 Å². The van der Waals surface area contributed by atoms with Gasteiger partial charge in [-0.2, -0.15) is 0 Å². The number of aromatic nitrogens is 2. The predicted octanol–water partition coefficient (Wildman–Crippen LogP) is 2.78. The second-order valence-electron chi connectivity index (χ2n) is 7.14. The fraction of sp³-hybridized carbons (Fsp3) is 0.450. The van der Waals surface area contributed by atoms with Crippen LogP contribution in [0.25, 0.3) is 11.3 Å². The van der Waals surface area contributed by atoms with E-state index in [0.29, 0.717) is 0 Å². The van der Waals surface area contributed by atoms with E-state index < -0.39 is 0 Å². The van der Waals surface area contributed by atoms with Gasteiger partial charge in [0.1, 0.15) is 0 Å². The van der Waals surface area contributed by atoms with Crippen LogP contribution < -0.4 is 10.2 Å². The van der Waals surface area contributed by atoms with Gasteiger partial charge in [0.25, 0.3) is 0 Å². The van der Waals surface area contributed by atoms with Crippen LogP contribution >= 0.6 is 0 Å². The summed E-state index contributed by atoms with van der Waals surface area (Å²) in [5, 5.41) is 11.7. The highest BCUT2D eigenvalue weighted by Crippen LogP contribution is 2.28. The van der Waals surface area contributed by atoms with Crippen molar-refractivity contribution in [2.45, 2.75) is 32.2 Å². The van der Waals surface area contributed by atoms with Crippen molar-refractivity contribution < 1.29 is 4.79 Å². The van der Waals surface area contributed by atoms with E-state index in [9.17, 15) is 4.79 Å². The number of rotatable bonds is 4. The van der Waals surface area contributed by atoms with E-state index in [0.717, 1.165) is 48.4 Å². The van der Waals surface area contributed by atoms with E-state index >= 15 is 0 Å². The normalized spacial score (nSPS) is 18.4. The lowest BCUT2D eigenvalue weighted by Crippen LogP contribution is -2.32. The molecule has 0 bridgehead atoms. The van der Waals surface area contributed by atoms with Crippen LogP contribution in [0, 0.1) is 0 Å². The summed E-state index contributed by atoms with van der Waals surface area (Å²) >= 11 is 0. The van der Waals surface area contributed by atoms with E-state index in [2.05, 4.69) is 31.4 Å². The molecular weight excluding hydrogens is 326 g/mol. The summed E-state index contributed by atoms with van der Waals surface area (Å²) in [6.07, 6.45) is 3.93. The molecule has 6 heteroatoms. The number of amides is 1. The van der Waals surface area contributed by atoms with Crippen LogP contribution in [0.15, 0.2) is 36.4 Å². The molecule has 1 N–H and O–H groups in total. The topological polar surface area (TPSA) is 61.4 Å². The maximum atomic E-state index is 11.1. The zero-order chi connectivity index (χ0) is 17.9. The van der Waals surface area contributed by atoms with Gasteiger partial charge in [0.2, 0.25) is 5.91 Å². The molecule has 6 nitrogen and oxygen atoms in total. The molecule has 1 aromatic heterocycles. The van der Waals surface area contributed by atoms with Crippen LogP contribution in [0.4, 0.5) is 11.5 Å². The zero-order valence-electron chi connectivity index (χ0n) is 15.2. The molecule has 1 aromatic carbocycles. The van der Waals surface area contributed by atoms with Crippen LogP contribution in [-0.4, -0.2) is 53.2 Å². The van der Waals surface area contributed by atoms with Gasteiger partial charge < -0.3 is 10.2 Å². The Balaban J connectivity index is 1.42. The van der Waals surface area contributed by atoms with Crippen molar-refractivity contribution in [1.82, 2.24) is 15.1 Å². The average molecular weight is 351 g/mol. The van der Waals surface area contributed by atoms with Crippen LogP contribution in [0.2, 0.25) is 0 Å². The third-order valence-corrected chi connectivity index (χ3v) is 5.07. The standard InChI is InChI=1S/C20H25N5O/c1-15(26)21-17-5-3-16(4-6-17)19-9-10-20(23-22-19)25-12-2-11-24(13-14-25)18-7-8-18/h3-6,9-10,18H,2,7-8,11-14H2,1H3,(H,21,26). The molecule has 0 radical (unpaired) electrons. The monoisotopic (exact) mass is 351 g/mol. The Labute approximate surface area is 154 Å². The summed E-state index contributed by atoms with van der Waals surface area (Å²) < 4.78 is 0. The SMILES string of the molecule is CC(=O)Nc1ccc(-c2ccc(N3CCCN(C4CC4)CC3)nn2)cc1. The molecule has 26 heavy (non-hydrogen) atoms. The van der Waals surface area contributed by atoms with E-state index in [-0.39, 0.29) is 5.91 Å². The van der Waals surface area contributed by atoms with E-state index in [4.69, 9.17) is 0 Å². The number of hydrogen-bond acceptors (Lipinski definition) is 5. The maximum Gasteiger partial charge on any atom is 0.221 e. The number of nitrogens with one attached hydrogen (secondary N) is 1. The minimum Gasteiger partial charge on any atom is -0.354 e. The Kier molecular flexibility index (Phi) is 4.84. The molecule has 2 fully saturated rings. The first-order valence-electron chi connectivity index (χ1n) is 9.40. The minimum atomic E-state index is -0.0698. The molecule has 0 unspecified atom stereocenters. The summed E-state index contributed by atoms with van der Waals surface area (Å²) in [6, 6.07) is 12.6. The quantitative estimate of drug-likeness (QED) is 0.918. The molecule has 4 rings (SSSR count). The molecule has 0 spiro atoms. The number of benzene rings is 1. The molecule has 2 heterocycles. The lowest BCUT2D eigenvalue weighted by molar-refractivity contribution is -0.114. The van der Waals surface area contributed by atoms with Crippen molar-refractivity contribution in [3.8, 4) is 11.3 Å². The van der Waals surface area contributed by atoms with Gasteiger partial charge in [-0.15, -0.1) is 10.2 Å². The number of carbonyl (C=O) groups is 1. The third-order valence-electron chi connectivity index (χ3n) is 5.07. The lowest BCUT2D eigenvalue weighted by atomic mass is 10.1. The molecule has 2 aliphatic rings. The second-order valence-corrected chi connectivity index (χ2v) is 7.14. The third kappa shape index (κ3) is 4.02. The fourth-order valence-corrected chi connectivity index (χ4v) is 3.55. The highest BCUT2D eigenvalue weighted by Gasteiger charge is 2.30. The van der Waals surface area contributed by atoms with Crippen LogP contribution in [0.5, 0.6) is 0 Å². The number of nitrogens with zero attached hydrogens (tertiary/aromatic N) is 4. The van der Waals surface area contributed by atoms with Crippen molar-refractivity contribution in [2.75, 3.05) is 36.4 Å². The first-order chi connectivity index (χ1) is 12.7. The van der Waals surface area contributed by atoms with Crippen molar-refractivity contribution in [2.24, 2.45) is 0 Å². The number of carbonyl (C=O) groups excluding carboxylic acids is 1. The van der Waals surface area contributed by atoms with E-state index in [1.807, 2.05) is 30.3 Å². The summed E-state index contributed by atoms with van der Waals surface area (Å²) in [6.45, 7) is 5.90. The van der Waals surface area contributed by atoms with Crippen LogP contribution in [0.1, 0.15) is 26.2 Å². The van der Waals surface area contributed by atoms with Crippen molar-refractivity contribution in [3.63, 3.8) is 0 Å². The highest BCUT2D eigenvalue weighted by atomic mass is 16.1. The molecule has 1 aliphatic heterocycles. The Hall–Kier alpha value is -2.47. The smallest absolute Gasteiger partial charge is 0.221 e. The van der Waals surface area contributed by atoms with Crippen molar-refractivity contribution >= 4 is 17.4 Å². The summed E-state index contributed by atoms with van der Waals surface area (Å²) in [5.41, 5.74) is 2.63. The maximum absolute atomic E-state index is 11.1. The van der Waals surface area contributed by atoms with Crippen molar-refractivity contribution in [1.29, 1.82) is 0 Å². The molecule has 136 valence electrons. The van der Waals surface area contributed by atoms with Crippen LogP contribution in [-0.2, 0) is 4.79 Å². The number of anilines is 2. The molecule has 1 saturated heterocycles. The van der Waals surface area contributed by atoms with Crippen molar-refractivity contribution in [3.05, 3.63) is 36.4 Å². The fourth-order valence-electron chi connectivity index (χ4n) is 3.55. The first-order valence-corrected chi connectivity index (χ1v) is 9.40. The van der Waals surface area contributed by atoms with E-state index in [1.165, 1.54) is 32.7 Å². The summed E-state index contributed by atoms with van der Waals surface area (Å²) in [7, 11) is 0. The summed E-state index contributed by atoms with van der Waals surface area (Å²) in [4.78, 5) is 16.1. The van der Waals surface area contributed by atoms with Gasteiger partial charge in [0, 0.05) is 50.4 Å². The van der Waals surface area contributed by atoms with Gasteiger partial charge >= 0.3 is 0 Å². The Bertz CT molecular complexity index is 755. The van der Waals surface area contributed by atoms with Crippen LogP contribution in [0.3, 0.4) is 0 Å². The molecule has 0 atom stereocenters. The zero-order valence-corrected chi connectivity index (χ0v) is 15.2. The van der Waals surface area contributed by atoms with Gasteiger partial charge in [-0.25, -0.2) is 0 Å². The van der Waals surface area contributed by atoms with Gasteiger partial charge in [-0.05, 0) is 43.5 Å². The highest BCUT2D eigenvalue weighted by molar-refractivity contribution is 5.88. The molecular formula is C20H25N5O. The van der Waals surface area contributed by atoms with Gasteiger partial charge in [-0.3, -0.25) is 9.69 Å². The number of hydrogen-bond donors (Lipinski definition) is 1. The largest absolute Gasteiger partial charge is 0.354 e. The molecule has 2 aromatic rings. The van der Waals surface area contributed by atoms with E-state index in [1.54, 1.807) is 0 Å². The summed E-state index contributed by atoms with van der Waals surface area (Å²) in [5.74, 6) is 0.890. The van der Waals surface area contributed by atoms with Gasteiger partial charge in [0.05, 0.1) is 5.69 Å². The Morgan fingerprint density at radius 1 is 1.00 bits per heavy atom. The molecule has 1 amide bonds. The minimum absolute atomic E-state index is 0.0698.